The van der Waals surface area contributed by atoms with Gasteiger partial charge in [0.25, 0.3) is 0 Å². The Bertz CT molecular complexity index is 520. The molecule has 0 aliphatic carbocycles. The van der Waals surface area contributed by atoms with E-state index in [0.717, 1.165) is 0 Å². The highest BCUT2D eigenvalue weighted by molar-refractivity contribution is 9.10. The first kappa shape index (κ1) is 12.3. The summed E-state index contributed by atoms with van der Waals surface area (Å²) in [7, 11) is 0. The number of benzene rings is 1. The van der Waals surface area contributed by atoms with Crippen LogP contribution >= 0.6 is 27.5 Å². The highest BCUT2D eigenvalue weighted by atomic mass is 79.9. The minimum absolute atomic E-state index is 0.145. The van der Waals surface area contributed by atoms with Crippen LogP contribution in [0.25, 0.3) is 0 Å². The SMILES string of the molecule is Fc1cc(Br)ccc1Nc1nnc(CCCl)o1. The Kier molecular flexibility index (Phi) is 3.96. The van der Waals surface area contributed by atoms with Crippen molar-refractivity contribution < 1.29 is 8.81 Å². The normalized spacial score (nSPS) is 10.5. The van der Waals surface area contributed by atoms with E-state index >= 15 is 0 Å². The molecule has 0 fully saturated rings. The summed E-state index contributed by atoms with van der Waals surface area (Å²) in [5.41, 5.74) is 0.272. The van der Waals surface area contributed by atoms with Crippen molar-refractivity contribution in [2.24, 2.45) is 0 Å². The van der Waals surface area contributed by atoms with Gasteiger partial charge in [0.05, 0.1) is 5.69 Å². The molecular weight excluding hydrogens is 312 g/mol. The van der Waals surface area contributed by atoms with Gasteiger partial charge in [0.15, 0.2) is 0 Å². The third-order valence-corrected chi connectivity index (χ3v) is 2.63. The molecule has 0 saturated heterocycles. The highest BCUT2D eigenvalue weighted by Gasteiger charge is 2.08. The van der Waals surface area contributed by atoms with E-state index in [1.54, 1.807) is 12.1 Å². The molecular formula is C10H8BrClFN3O. The second-order valence-corrected chi connectivity index (χ2v) is 4.48. The Morgan fingerprint density at radius 1 is 1.41 bits per heavy atom. The molecule has 0 atom stereocenters. The van der Waals surface area contributed by atoms with E-state index in [0.29, 0.717) is 22.7 Å². The maximum absolute atomic E-state index is 13.5. The van der Waals surface area contributed by atoms with Gasteiger partial charge in [-0.25, -0.2) is 4.39 Å². The van der Waals surface area contributed by atoms with Crippen LogP contribution in [0.15, 0.2) is 27.1 Å². The summed E-state index contributed by atoms with van der Waals surface area (Å²) in [5, 5.41) is 10.2. The van der Waals surface area contributed by atoms with Crippen LogP contribution in [-0.2, 0) is 6.42 Å². The van der Waals surface area contributed by atoms with Crippen LogP contribution in [0.1, 0.15) is 5.89 Å². The lowest BCUT2D eigenvalue weighted by Crippen LogP contribution is -1.93. The summed E-state index contributed by atoms with van der Waals surface area (Å²) in [6.45, 7) is 0. The lowest BCUT2D eigenvalue weighted by molar-refractivity contribution is 0.515. The summed E-state index contributed by atoms with van der Waals surface area (Å²) in [5.74, 6) is 0.408. The number of rotatable bonds is 4. The summed E-state index contributed by atoms with van der Waals surface area (Å²) >= 11 is 8.71. The van der Waals surface area contributed by atoms with Crippen molar-refractivity contribution in [2.45, 2.75) is 6.42 Å². The Hall–Kier alpha value is -1.14. The van der Waals surface area contributed by atoms with Gasteiger partial charge in [-0.1, -0.05) is 21.0 Å². The van der Waals surface area contributed by atoms with Crippen molar-refractivity contribution in [3.63, 3.8) is 0 Å². The zero-order valence-electron chi connectivity index (χ0n) is 8.58. The first-order chi connectivity index (χ1) is 8.19. The van der Waals surface area contributed by atoms with Gasteiger partial charge < -0.3 is 9.73 Å². The fraction of sp³-hybridized carbons (Fsp3) is 0.200. The summed E-state index contributed by atoms with van der Waals surface area (Å²) in [6.07, 6.45) is 0.485. The van der Waals surface area contributed by atoms with E-state index in [4.69, 9.17) is 16.0 Å². The van der Waals surface area contributed by atoms with E-state index in [9.17, 15) is 4.39 Å². The zero-order valence-corrected chi connectivity index (χ0v) is 10.9. The van der Waals surface area contributed by atoms with Crippen LogP contribution in [-0.4, -0.2) is 16.1 Å². The molecule has 4 nitrogen and oxygen atoms in total. The third-order valence-electron chi connectivity index (χ3n) is 1.95. The van der Waals surface area contributed by atoms with E-state index in [1.165, 1.54) is 6.07 Å². The molecule has 17 heavy (non-hydrogen) atoms. The summed E-state index contributed by atoms with van der Waals surface area (Å²) < 4.78 is 19.4. The Morgan fingerprint density at radius 3 is 2.94 bits per heavy atom. The van der Waals surface area contributed by atoms with Gasteiger partial charge in [0.2, 0.25) is 5.89 Å². The minimum Gasteiger partial charge on any atom is -0.408 e. The third kappa shape index (κ3) is 3.17. The Morgan fingerprint density at radius 2 is 2.24 bits per heavy atom. The topological polar surface area (TPSA) is 51.0 Å². The molecule has 90 valence electrons. The number of anilines is 2. The van der Waals surface area contributed by atoms with Gasteiger partial charge >= 0.3 is 6.01 Å². The molecule has 1 heterocycles. The van der Waals surface area contributed by atoms with Crippen molar-refractivity contribution in [1.82, 2.24) is 10.2 Å². The van der Waals surface area contributed by atoms with Gasteiger partial charge in [0.1, 0.15) is 5.82 Å². The maximum Gasteiger partial charge on any atom is 0.320 e. The average Bonchev–Trinajstić information content (AvgIpc) is 2.71. The Balaban J connectivity index is 2.13. The first-order valence-corrected chi connectivity index (χ1v) is 6.12. The fourth-order valence-electron chi connectivity index (χ4n) is 1.19. The predicted octanol–water partition coefficient (Wildman–Crippen LogP) is 3.50. The van der Waals surface area contributed by atoms with Crippen LogP contribution < -0.4 is 5.32 Å². The van der Waals surface area contributed by atoms with E-state index in [1.807, 2.05) is 0 Å². The molecule has 1 aromatic heterocycles. The number of aryl methyl sites for hydroxylation is 1. The van der Waals surface area contributed by atoms with E-state index < -0.39 is 5.82 Å². The molecule has 1 aromatic carbocycles. The van der Waals surface area contributed by atoms with Crippen molar-refractivity contribution in [3.05, 3.63) is 34.4 Å². The van der Waals surface area contributed by atoms with E-state index in [-0.39, 0.29) is 11.7 Å². The molecule has 0 aliphatic heterocycles. The van der Waals surface area contributed by atoms with Crippen LogP contribution in [0.5, 0.6) is 0 Å². The highest BCUT2D eigenvalue weighted by Crippen LogP contribution is 2.22. The van der Waals surface area contributed by atoms with Gasteiger partial charge in [-0.2, -0.15) is 0 Å². The maximum atomic E-state index is 13.5. The van der Waals surface area contributed by atoms with Gasteiger partial charge in [-0.15, -0.1) is 16.7 Å². The van der Waals surface area contributed by atoms with Crippen LogP contribution in [0, 0.1) is 5.82 Å². The number of hydrogen-bond acceptors (Lipinski definition) is 4. The average molecular weight is 321 g/mol. The number of alkyl halides is 1. The second-order valence-electron chi connectivity index (χ2n) is 3.19. The van der Waals surface area contributed by atoms with Crippen molar-refractivity contribution in [3.8, 4) is 0 Å². The quantitative estimate of drug-likeness (QED) is 0.876. The zero-order chi connectivity index (χ0) is 12.3. The minimum atomic E-state index is -0.406. The molecule has 2 aromatic rings. The smallest absolute Gasteiger partial charge is 0.320 e. The second kappa shape index (κ2) is 5.46. The van der Waals surface area contributed by atoms with Crippen molar-refractivity contribution in [1.29, 1.82) is 0 Å². The summed E-state index contributed by atoms with van der Waals surface area (Å²) in [4.78, 5) is 0. The summed E-state index contributed by atoms with van der Waals surface area (Å²) in [6, 6.07) is 4.77. The molecule has 0 spiro atoms. The number of nitrogens with one attached hydrogen (secondary N) is 1. The van der Waals surface area contributed by atoms with Crippen LogP contribution in [0.4, 0.5) is 16.1 Å². The van der Waals surface area contributed by atoms with Gasteiger partial charge in [-0.05, 0) is 18.2 Å². The Labute approximate surface area is 110 Å². The van der Waals surface area contributed by atoms with Gasteiger partial charge in [0, 0.05) is 16.8 Å². The molecule has 0 bridgehead atoms. The molecule has 0 radical (unpaired) electrons. The van der Waals surface area contributed by atoms with Crippen LogP contribution in [0.2, 0.25) is 0 Å². The number of hydrogen-bond donors (Lipinski definition) is 1. The first-order valence-electron chi connectivity index (χ1n) is 4.79. The molecule has 0 saturated carbocycles. The molecule has 0 unspecified atom stereocenters. The lowest BCUT2D eigenvalue weighted by atomic mass is 10.3. The molecule has 0 aliphatic rings. The lowest BCUT2D eigenvalue weighted by Gasteiger charge is -2.02. The monoisotopic (exact) mass is 319 g/mol. The largest absolute Gasteiger partial charge is 0.408 e. The molecule has 2 rings (SSSR count). The van der Waals surface area contributed by atoms with E-state index in [2.05, 4.69) is 31.4 Å². The van der Waals surface area contributed by atoms with Crippen molar-refractivity contribution >= 4 is 39.2 Å². The standard InChI is InChI=1S/C10H8BrClFN3O/c11-6-1-2-8(7(13)5-6)14-10-16-15-9(17-10)3-4-12/h1-2,5H,3-4H2,(H,14,16). The molecule has 7 heteroatoms. The predicted molar refractivity (Wildman–Crippen MR) is 66.1 cm³/mol. The molecule has 0 amide bonds. The molecule has 1 N–H and O–H groups in total. The number of nitrogens with zero attached hydrogens (tertiary/aromatic N) is 2. The number of aromatic nitrogens is 2. The van der Waals surface area contributed by atoms with Crippen molar-refractivity contribution in [2.75, 3.05) is 11.2 Å². The van der Waals surface area contributed by atoms with Gasteiger partial charge in [-0.3, -0.25) is 0 Å². The fourth-order valence-corrected chi connectivity index (χ4v) is 1.69. The van der Waals surface area contributed by atoms with Crippen LogP contribution in [0.3, 0.4) is 0 Å². The number of halogens is 3.